The summed E-state index contributed by atoms with van der Waals surface area (Å²) in [5, 5.41) is 21.0. The van der Waals surface area contributed by atoms with Gasteiger partial charge in [-0.25, -0.2) is 0 Å². The van der Waals surface area contributed by atoms with E-state index in [1.54, 1.807) is 12.1 Å². The predicted molar refractivity (Wildman–Crippen MR) is 74.2 cm³/mol. The van der Waals surface area contributed by atoms with E-state index in [-0.39, 0.29) is 17.2 Å². The molecule has 0 saturated heterocycles. The highest BCUT2D eigenvalue weighted by molar-refractivity contribution is 6.01. The Labute approximate surface area is 113 Å². The average molecular weight is 258 g/mol. The van der Waals surface area contributed by atoms with E-state index in [1.165, 1.54) is 18.2 Å². The number of rotatable bonds is 6. The van der Waals surface area contributed by atoms with Gasteiger partial charge in [0.15, 0.2) is 0 Å². The molecule has 1 amide bonds. The van der Waals surface area contributed by atoms with Gasteiger partial charge in [-0.15, -0.1) is 0 Å². The van der Waals surface area contributed by atoms with Crippen LogP contribution < -0.4 is 5.32 Å². The number of hydrogen-bond acceptors (Lipinski definition) is 3. The molecular formula is C15H18N2O2. The van der Waals surface area contributed by atoms with Crippen molar-refractivity contribution in [2.24, 2.45) is 0 Å². The van der Waals surface area contributed by atoms with E-state index in [0.717, 1.165) is 19.3 Å². The zero-order chi connectivity index (χ0) is 14.1. The molecule has 0 aromatic heterocycles. The number of aromatic hydroxyl groups is 1. The lowest BCUT2D eigenvalue weighted by Gasteiger charge is -2.03. The summed E-state index contributed by atoms with van der Waals surface area (Å²) < 4.78 is 0. The van der Waals surface area contributed by atoms with Crippen LogP contribution in [-0.4, -0.2) is 17.6 Å². The molecule has 1 aromatic carbocycles. The van der Waals surface area contributed by atoms with Gasteiger partial charge >= 0.3 is 0 Å². The second kappa shape index (κ2) is 7.93. The van der Waals surface area contributed by atoms with Crippen molar-refractivity contribution in [3.8, 4) is 11.8 Å². The first-order chi connectivity index (χ1) is 9.17. The Hall–Kier alpha value is -2.28. The third-order valence-corrected chi connectivity index (χ3v) is 2.61. The molecule has 4 nitrogen and oxygen atoms in total. The van der Waals surface area contributed by atoms with Crippen LogP contribution in [0.2, 0.25) is 0 Å². The number of nitrogens with one attached hydrogen (secondary N) is 1. The summed E-state index contributed by atoms with van der Waals surface area (Å²) in [6.45, 7) is 2.66. The fraction of sp³-hybridized carbons (Fsp3) is 0.333. The van der Waals surface area contributed by atoms with Crippen LogP contribution in [0.3, 0.4) is 0 Å². The van der Waals surface area contributed by atoms with Gasteiger partial charge in [0.1, 0.15) is 17.4 Å². The van der Waals surface area contributed by atoms with E-state index in [0.29, 0.717) is 12.1 Å². The number of amides is 1. The quantitative estimate of drug-likeness (QED) is 0.468. The van der Waals surface area contributed by atoms with Gasteiger partial charge in [0.2, 0.25) is 0 Å². The summed E-state index contributed by atoms with van der Waals surface area (Å²) in [5.74, 6) is -0.267. The van der Waals surface area contributed by atoms with E-state index in [2.05, 4.69) is 12.2 Å². The maximum absolute atomic E-state index is 11.8. The maximum Gasteiger partial charge on any atom is 0.261 e. The zero-order valence-corrected chi connectivity index (χ0v) is 11.0. The Morgan fingerprint density at radius 1 is 1.47 bits per heavy atom. The number of hydrogen-bond donors (Lipinski definition) is 2. The number of carbonyl (C=O) groups is 1. The van der Waals surface area contributed by atoms with E-state index >= 15 is 0 Å². The summed E-state index contributed by atoms with van der Waals surface area (Å²) in [6.07, 6.45) is 4.51. The molecule has 0 aliphatic heterocycles. The number of carbonyl (C=O) groups excluding carboxylic acids is 1. The van der Waals surface area contributed by atoms with E-state index < -0.39 is 0 Å². The number of nitriles is 1. The standard InChI is InChI=1S/C15H18N2O2/c1-2-3-4-8-17-15(19)13(11-16)9-12-6-5-7-14(18)10-12/h5-7,9-10,18H,2-4,8H2,1H3,(H,17,19)/b13-9+. The predicted octanol–water partition coefficient (Wildman–Crippen LogP) is 2.61. The highest BCUT2D eigenvalue weighted by atomic mass is 16.3. The first kappa shape index (κ1) is 14.8. The largest absolute Gasteiger partial charge is 0.508 e. The molecule has 0 bridgehead atoms. The van der Waals surface area contributed by atoms with Crippen LogP contribution in [0.15, 0.2) is 29.8 Å². The number of unbranched alkanes of at least 4 members (excludes halogenated alkanes) is 2. The number of phenols is 1. The van der Waals surface area contributed by atoms with Crippen molar-refractivity contribution in [2.45, 2.75) is 26.2 Å². The van der Waals surface area contributed by atoms with Crippen LogP contribution in [0.25, 0.3) is 6.08 Å². The summed E-state index contributed by atoms with van der Waals surface area (Å²) in [5.41, 5.74) is 0.669. The molecule has 0 saturated carbocycles. The molecule has 0 atom stereocenters. The van der Waals surface area contributed by atoms with Crippen molar-refractivity contribution in [3.63, 3.8) is 0 Å². The highest BCUT2D eigenvalue weighted by Gasteiger charge is 2.08. The molecule has 0 aliphatic rings. The molecule has 0 fully saturated rings. The molecule has 1 aromatic rings. The summed E-state index contributed by atoms with van der Waals surface area (Å²) in [6, 6.07) is 8.30. The summed E-state index contributed by atoms with van der Waals surface area (Å²) in [7, 11) is 0. The summed E-state index contributed by atoms with van der Waals surface area (Å²) >= 11 is 0. The number of benzene rings is 1. The maximum atomic E-state index is 11.8. The van der Waals surface area contributed by atoms with Gasteiger partial charge in [0, 0.05) is 6.54 Å². The molecule has 4 heteroatoms. The van der Waals surface area contributed by atoms with Gasteiger partial charge in [0.05, 0.1) is 0 Å². The van der Waals surface area contributed by atoms with E-state index in [4.69, 9.17) is 5.26 Å². The zero-order valence-electron chi connectivity index (χ0n) is 11.0. The minimum atomic E-state index is -0.373. The Morgan fingerprint density at radius 2 is 2.26 bits per heavy atom. The first-order valence-corrected chi connectivity index (χ1v) is 6.36. The van der Waals surface area contributed by atoms with Crippen LogP contribution in [0, 0.1) is 11.3 Å². The van der Waals surface area contributed by atoms with Crippen molar-refractivity contribution >= 4 is 12.0 Å². The second-order valence-electron chi connectivity index (χ2n) is 4.23. The van der Waals surface area contributed by atoms with Crippen LogP contribution >= 0.6 is 0 Å². The Bertz CT molecular complexity index is 501. The van der Waals surface area contributed by atoms with E-state index in [1.807, 2.05) is 6.07 Å². The molecule has 19 heavy (non-hydrogen) atoms. The average Bonchev–Trinajstić information content (AvgIpc) is 2.41. The lowest BCUT2D eigenvalue weighted by molar-refractivity contribution is -0.117. The Morgan fingerprint density at radius 3 is 2.89 bits per heavy atom. The van der Waals surface area contributed by atoms with Crippen LogP contribution in [0.1, 0.15) is 31.7 Å². The minimum Gasteiger partial charge on any atom is -0.508 e. The third kappa shape index (κ3) is 5.26. The second-order valence-corrected chi connectivity index (χ2v) is 4.23. The van der Waals surface area contributed by atoms with Gasteiger partial charge in [0.25, 0.3) is 5.91 Å². The molecule has 1 rings (SSSR count). The molecule has 0 radical (unpaired) electrons. The lowest BCUT2D eigenvalue weighted by atomic mass is 10.1. The first-order valence-electron chi connectivity index (χ1n) is 6.36. The Kier molecular flexibility index (Phi) is 6.17. The van der Waals surface area contributed by atoms with Crippen LogP contribution in [-0.2, 0) is 4.79 Å². The number of nitrogens with zero attached hydrogens (tertiary/aromatic N) is 1. The van der Waals surface area contributed by atoms with Crippen molar-refractivity contribution in [3.05, 3.63) is 35.4 Å². The fourth-order valence-electron chi connectivity index (χ4n) is 1.60. The smallest absolute Gasteiger partial charge is 0.261 e. The van der Waals surface area contributed by atoms with Gasteiger partial charge in [-0.3, -0.25) is 4.79 Å². The SMILES string of the molecule is CCCCCNC(=O)/C(C#N)=C/c1cccc(O)c1. The van der Waals surface area contributed by atoms with Crippen molar-refractivity contribution in [1.29, 1.82) is 5.26 Å². The van der Waals surface area contributed by atoms with Gasteiger partial charge in [-0.1, -0.05) is 31.9 Å². The van der Waals surface area contributed by atoms with Crippen molar-refractivity contribution in [2.75, 3.05) is 6.54 Å². The summed E-state index contributed by atoms with van der Waals surface area (Å²) in [4.78, 5) is 11.8. The van der Waals surface area contributed by atoms with Crippen molar-refractivity contribution < 1.29 is 9.90 Å². The monoisotopic (exact) mass is 258 g/mol. The highest BCUT2D eigenvalue weighted by Crippen LogP contribution is 2.14. The van der Waals surface area contributed by atoms with E-state index in [9.17, 15) is 9.90 Å². The van der Waals surface area contributed by atoms with Gasteiger partial charge in [-0.2, -0.15) is 5.26 Å². The normalized spacial score (nSPS) is 10.8. The lowest BCUT2D eigenvalue weighted by Crippen LogP contribution is -2.25. The van der Waals surface area contributed by atoms with Crippen LogP contribution in [0.5, 0.6) is 5.75 Å². The van der Waals surface area contributed by atoms with Gasteiger partial charge in [-0.05, 0) is 30.2 Å². The topological polar surface area (TPSA) is 73.1 Å². The molecular weight excluding hydrogens is 240 g/mol. The minimum absolute atomic E-state index is 0.0436. The number of phenolic OH excluding ortho intramolecular Hbond substituents is 1. The molecule has 0 heterocycles. The van der Waals surface area contributed by atoms with Crippen molar-refractivity contribution in [1.82, 2.24) is 5.32 Å². The van der Waals surface area contributed by atoms with Gasteiger partial charge < -0.3 is 10.4 Å². The molecule has 0 spiro atoms. The third-order valence-electron chi connectivity index (χ3n) is 2.61. The molecule has 0 unspecified atom stereocenters. The fourth-order valence-corrected chi connectivity index (χ4v) is 1.60. The molecule has 100 valence electrons. The molecule has 2 N–H and O–H groups in total. The van der Waals surface area contributed by atoms with Crippen LogP contribution in [0.4, 0.5) is 0 Å². The Balaban J connectivity index is 2.67. The molecule has 0 aliphatic carbocycles.